The van der Waals surface area contributed by atoms with E-state index in [4.69, 9.17) is 16.3 Å². The van der Waals surface area contributed by atoms with Crippen LogP contribution >= 0.6 is 11.6 Å². The largest absolute Gasteiger partial charge is 0.497 e. The lowest BCUT2D eigenvalue weighted by Gasteiger charge is -2.19. The smallest absolute Gasteiger partial charge is 0.319 e. The second-order valence-electron chi connectivity index (χ2n) is 5.71. The summed E-state index contributed by atoms with van der Waals surface area (Å²) in [5.41, 5.74) is 1.55. The molecule has 25 heavy (non-hydrogen) atoms. The molecule has 0 aromatic heterocycles. The standard InChI is InChI=1S/C18H18ClN3O3/c1-25-14-8-2-11(3-9-14)15-10-20-17(23)16(15)22-18(24)21-13-6-4-12(19)5-7-13/h2-9,15-16H,10H2,1H3,(H,20,23)(H2,21,22,24)/t15-,16-/m0/s1. The van der Waals surface area contributed by atoms with Crippen molar-refractivity contribution in [3.63, 3.8) is 0 Å². The van der Waals surface area contributed by atoms with Crippen molar-refractivity contribution in [3.8, 4) is 5.75 Å². The maximum atomic E-state index is 12.2. The number of halogens is 1. The first-order chi connectivity index (χ1) is 12.1. The van der Waals surface area contributed by atoms with Crippen LogP contribution in [0, 0.1) is 0 Å². The summed E-state index contributed by atoms with van der Waals surface area (Å²) in [7, 11) is 1.60. The number of amides is 3. The minimum Gasteiger partial charge on any atom is -0.497 e. The van der Waals surface area contributed by atoms with Gasteiger partial charge in [-0.25, -0.2) is 4.79 Å². The summed E-state index contributed by atoms with van der Waals surface area (Å²) >= 11 is 5.82. The number of carbonyl (C=O) groups is 2. The Kier molecular flexibility index (Phi) is 5.09. The molecule has 6 nitrogen and oxygen atoms in total. The summed E-state index contributed by atoms with van der Waals surface area (Å²) in [6.07, 6.45) is 0. The van der Waals surface area contributed by atoms with E-state index in [-0.39, 0.29) is 11.8 Å². The Hall–Kier alpha value is -2.73. The molecule has 3 N–H and O–H groups in total. The van der Waals surface area contributed by atoms with Crippen LogP contribution in [-0.4, -0.2) is 31.6 Å². The van der Waals surface area contributed by atoms with Crippen LogP contribution in [0.1, 0.15) is 11.5 Å². The van der Waals surface area contributed by atoms with Crippen molar-refractivity contribution in [2.24, 2.45) is 0 Å². The van der Waals surface area contributed by atoms with Crippen molar-refractivity contribution in [3.05, 3.63) is 59.1 Å². The van der Waals surface area contributed by atoms with Crippen LogP contribution in [0.15, 0.2) is 48.5 Å². The highest BCUT2D eigenvalue weighted by atomic mass is 35.5. The number of methoxy groups -OCH3 is 1. The van der Waals surface area contributed by atoms with Gasteiger partial charge in [0, 0.05) is 23.2 Å². The van der Waals surface area contributed by atoms with E-state index in [2.05, 4.69) is 16.0 Å². The van der Waals surface area contributed by atoms with Crippen LogP contribution < -0.4 is 20.7 Å². The van der Waals surface area contributed by atoms with Gasteiger partial charge in [-0.1, -0.05) is 23.7 Å². The van der Waals surface area contributed by atoms with Crippen molar-refractivity contribution in [2.75, 3.05) is 19.0 Å². The van der Waals surface area contributed by atoms with Crippen molar-refractivity contribution < 1.29 is 14.3 Å². The molecule has 0 aliphatic carbocycles. The average molecular weight is 360 g/mol. The zero-order valence-electron chi connectivity index (χ0n) is 13.6. The monoisotopic (exact) mass is 359 g/mol. The highest BCUT2D eigenvalue weighted by molar-refractivity contribution is 6.30. The quantitative estimate of drug-likeness (QED) is 0.785. The highest BCUT2D eigenvalue weighted by Crippen LogP contribution is 2.25. The van der Waals surface area contributed by atoms with Gasteiger partial charge in [0.25, 0.3) is 0 Å². The molecule has 0 radical (unpaired) electrons. The minimum atomic E-state index is -0.638. The van der Waals surface area contributed by atoms with Gasteiger partial charge in [0.2, 0.25) is 5.91 Å². The number of urea groups is 1. The molecule has 7 heteroatoms. The van der Waals surface area contributed by atoms with E-state index < -0.39 is 12.1 Å². The Morgan fingerprint density at radius 3 is 2.48 bits per heavy atom. The molecule has 1 aliphatic rings. The molecule has 130 valence electrons. The van der Waals surface area contributed by atoms with Crippen molar-refractivity contribution in [1.82, 2.24) is 10.6 Å². The van der Waals surface area contributed by atoms with Crippen LogP contribution in [-0.2, 0) is 4.79 Å². The first kappa shape index (κ1) is 17.1. The van der Waals surface area contributed by atoms with Gasteiger partial charge in [-0.05, 0) is 42.0 Å². The predicted octanol–water partition coefficient (Wildman–Crippen LogP) is 2.75. The molecule has 2 aromatic rings. The Morgan fingerprint density at radius 2 is 1.84 bits per heavy atom. The molecule has 1 heterocycles. The Labute approximate surface area is 150 Å². The van der Waals surface area contributed by atoms with Gasteiger partial charge in [-0.3, -0.25) is 4.79 Å². The Bertz CT molecular complexity index is 762. The van der Waals surface area contributed by atoms with E-state index in [0.717, 1.165) is 11.3 Å². The van der Waals surface area contributed by atoms with Crippen LogP contribution in [0.25, 0.3) is 0 Å². The van der Waals surface area contributed by atoms with Gasteiger partial charge in [0.05, 0.1) is 7.11 Å². The number of hydrogen-bond acceptors (Lipinski definition) is 3. The molecule has 0 spiro atoms. The third kappa shape index (κ3) is 4.03. The van der Waals surface area contributed by atoms with E-state index in [1.165, 1.54) is 0 Å². The van der Waals surface area contributed by atoms with E-state index in [1.807, 2.05) is 24.3 Å². The van der Waals surface area contributed by atoms with Gasteiger partial charge >= 0.3 is 6.03 Å². The molecular formula is C18H18ClN3O3. The number of carbonyl (C=O) groups excluding carboxylic acids is 2. The maximum absolute atomic E-state index is 12.2. The van der Waals surface area contributed by atoms with Gasteiger partial charge in [0.1, 0.15) is 11.8 Å². The third-order valence-corrected chi connectivity index (χ3v) is 4.37. The number of rotatable bonds is 4. The molecule has 2 aromatic carbocycles. The number of nitrogens with one attached hydrogen (secondary N) is 3. The molecule has 3 amide bonds. The van der Waals surface area contributed by atoms with Crippen molar-refractivity contribution >= 4 is 29.2 Å². The van der Waals surface area contributed by atoms with Crippen LogP contribution in [0.4, 0.5) is 10.5 Å². The fraction of sp³-hybridized carbons (Fsp3) is 0.222. The summed E-state index contributed by atoms with van der Waals surface area (Å²) in [6.45, 7) is 0.469. The zero-order chi connectivity index (χ0) is 17.8. The van der Waals surface area contributed by atoms with E-state index in [0.29, 0.717) is 17.3 Å². The van der Waals surface area contributed by atoms with Crippen LogP contribution in [0.5, 0.6) is 5.75 Å². The van der Waals surface area contributed by atoms with Gasteiger partial charge in [-0.2, -0.15) is 0 Å². The third-order valence-electron chi connectivity index (χ3n) is 4.11. The fourth-order valence-electron chi connectivity index (χ4n) is 2.79. The number of anilines is 1. The van der Waals surface area contributed by atoms with E-state index in [1.54, 1.807) is 31.4 Å². The van der Waals surface area contributed by atoms with E-state index >= 15 is 0 Å². The van der Waals surface area contributed by atoms with Gasteiger partial charge in [-0.15, -0.1) is 0 Å². The average Bonchev–Trinajstić information content (AvgIpc) is 2.98. The normalized spacial score (nSPS) is 19.2. The first-order valence-corrected chi connectivity index (χ1v) is 8.19. The molecule has 1 fully saturated rings. The minimum absolute atomic E-state index is 0.144. The SMILES string of the molecule is COc1ccc([C@@H]2CNC(=O)[C@H]2NC(=O)Nc2ccc(Cl)cc2)cc1. The second-order valence-corrected chi connectivity index (χ2v) is 6.14. The topological polar surface area (TPSA) is 79.5 Å². The predicted molar refractivity (Wildman–Crippen MR) is 96.1 cm³/mol. The Balaban J connectivity index is 1.68. The maximum Gasteiger partial charge on any atom is 0.319 e. The lowest BCUT2D eigenvalue weighted by atomic mass is 9.94. The summed E-state index contributed by atoms with van der Waals surface area (Å²) in [6, 6.07) is 13.1. The zero-order valence-corrected chi connectivity index (χ0v) is 14.3. The lowest BCUT2D eigenvalue weighted by molar-refractivity contribution is -0.120. The summed E-state index contributed by atoms with van der Waals surface area (Å²) < 4.78 is 5.15. The molecule has 3 rings (SSSR count). The highest BCUT2D eigenvalue weighted by Gasteiger charge is 2.36. The molecule has 2 atom stereocenters. The van der Waals surface area contributed by atoms with Crippen LogP contribution in [0.2, 0.25) is 5.02 Å². The second kappa shape index (κ2) is 7.44. The van der Waals surface area contributed by atoms with Crippen molar-refractivity contribution in [1.29, 1.82) is 0 Å². The molecule has 0 saturated carbocycles. The molecule has 0 bridgehead atoms. The first-order valence-electron chi connectivity index (χ1n) is 7.81. The van der Waals surface area contributed by atoms with Crippen LogP contribution in [0.3, 0.4) is 0 Å². The number of hydrogen-bond donors (Lipinski definition) is 3. The van der Waals surface area contributed by atoms with Gasteiger partial charge in [0.15, 0.2) is 0 Å². The summed E-state index contributed by atoms with van der Waals surface area (Å²) in [4.78, 5) is 24.3. The summed E-state index contributed by atoms with van der Waals surface area (Å²) in [5, 5.41) is 8.82. The molecule has 1 aliphatic heterocycles. The molecular weight excluding hydrogens is 342 g/mol. The number of ether oxygens (including phenoxy) is 1. The van der Waals surface area contributed by atoms with E-state index in [9.17, 15) is 9.59 Å². The fourth-order valence-corrected chi connectivity index (χ4v) is 2.92. The summed E-state index contributed by atoms with van der Waals surface area (Å²) in [5.74, 6) is 0.396. The van der Waals surface area contributed by atoms with Crippen molar-refractivity contribution in [2.45, 2.75) is 12.0 Å². The molecule has 1 saturated heterocycles. The lowest BCUT2D eigenvalue weighted by Crippen LogP contribution is -2.44. The van der Waals surface area contributed by atoms with Gasteiger partial charge < -0.3 is 20.7 Å². The number of benzene rings is 2. The molecule has 0 unspecified atom stereocenters. The Morgan fingerprint density at radius 1 is 1.16 bits per heavy atom.